The van der Waals surface area contributed by atoms with E-state index in [1.807, 2.05) is 30.3 Å². The third-order valence-electron chi connectivity index (χ3n) is 5.61. The highest BCUT2D eigenvalue weighted by Gasteiger charge is 2.24. The van der Waals surface area contributed by atoms with E-state index in [-0.39, 0.29) is 17.0 Å². The van der Waals surface area contributed by atoms with Crippen LogP contribution >= 0.6 is 0 Å². The first-order valence-electron chi connectivity index (χ1n) is 10.7. The number of benzene rings is 2. The van der Waals surface area contributed by atoms with Crippen LogP contribution in [-0.4, -0.2) is 35.7 Å². The van der Waals surface area contributed by atoms with Crippen molar-refractivity contribution in [2.45, 2.75) is 6.04 Å². The molecule has 5 aromatic rings. The number of nitrogens with two attached hydrogens (primary N) is 1. The fraction of sp³-hybridized carbons (Fsp3) is 0.0800. The van der Waals surface area contributed by atoms with Crippen LogP contribution in [0.5, 0.6) is 0 Å². The molecule has 35 heavy (non-hydrogen) atoms. The molecule has 2 amide bonds. The van der Waals surface area contributed by atoms with Crippen molar-refractivity contribution in [2.75, 3.05) is 0 Å². The number of primary amides is 1. The van der Waals surface area contributed by atoms with Gasteiger partial charge in [-0.2, -0.15) is 0 Å². The van der Waals surface area contributed by atoms with Gasteiger partial charge in [0.05, 0.1) is 5.69 Å². The zero-order valence-corrected chi connectivity index (χ0v) is 18.6. The van der Waals surface area contributed by atoms with Gasteiger partial charge in [0.2, 0.25) is 0 Å². The largest absolute Gasteiger partial charge is 0.364 e. The predicted molar refractivity (Wildman–Crippen MR) is 126 cm³/mol. The van der Waals surface area contributed by atoms with Gasteiger partial charge >= 0.3 is 0 Å². The van der Waals surface area contributed by atoms with Gasteiger partial charge in [0.25, 0.3) is 11.8 Å². The molecular formula is C25H20FN7O2. The number of imidazole rings is 2. The molecule has 0 fully saturated rings. The van der Waals surface area contributed by atoms with E-state index in [0.29, 0.717) is 17.1 Å². The predicted octanol–water partition coefficient (Wildman–Crippen LogP) is 2.89. The Kier molecular flexibility index (Phi) is 5.54. The topological polar surface area (TPSA) is 120 Å². The molecule has 5 rings (SSSR count). The maximum absolute atomic E-state index is 14.0. The first-order chi connectivity index (χ1) is 16.9. The summed E-state index contributed by atoms with van der Waals surface area (Å²) in [6, 6.07) is 16.1. The molecule has 0 aliphatic heterocycles. The van der Waals surface area contributed by atoms with Crippen molar-refractivity contribution in [2.24, 2.45) is 12.8 Å². The molecule has 2 aromatic carbocycles. The highest BCUT2D eigenvalue weighted by molar-refractivity contribution is 5.99. The lowest BCUT2D eigenvalue weighted by molar-refractivity contribution is 0.0934. The van der Waals surface area contributed by atoms with Crippen LogP contribution in [0.3, 0.4) is 0 Å². The Bertz CT molecular complexity index is 1560. The molecule has 0 radical (unpaired) electrons. The molecular weight excluding hydrogens is 449 g/mol. The number of carbonyl (C=O) groups excluding carboxylic acids is 2. The fourth-order valence-corrected chi connectivity index (χ4v) is 3.94. The van der Waals surface area contributed by atoms with E-state index in [0.717, 1.165) is 5.56 Å². The summed E-state index contributed by atoms with van der Waals surface area (Å²) in [4.78, 5) is 38.3. The number of nitrogens with one attached hydrogen (secondary N) is 1. The Morgan fingerprint density at radius 2 is 1.86 bits per heavy atom. The van der Waals surface area contributed by atoms with E-state index in [1.165, 1.54) is 18.5 Å². The molecule has 3 heterocycles. The Labute approximate surface area is 199 Å². The molecule has 1 atom stereocenters. The molecule has 3 N–H and O–H groups in total. The Hall–Kier alpha value is -4.86. The number of carbonyl (C=O) groups is 2. The van der Waals surface area contributed by atoms with Gasteiger partial charge in [0, 0.05) is 19.4 Å². The monoisotopic (exact) mass is 469 g/mol. The highest BCUT2D eigenvalue weighted by atomic mass is 19.1. The van der Waals surface area contributed by atoms with Crippen molar-refractivity contribution >= 4 is 17.5 Å². The van der Waals surface area contributed by atoms with Gasteiger partial charge < -0.3 is 15.6 Å². The van der Waals surface area contributed by atoms with E-state index in [9.17, 15) is 14.0 Å². The highest BCUT2D eigenvalue weighted by Crippen LogP contribution is 2.25. The minimum Gasteiger partial charge on any atom is -0.364 e. The van der Waals surface area contributed by atoms with Gasteiger partial charge in [-0.1, -0.05) is 42.5 Å². The lowest BCUT2D eigenvalue weighted by Gasteiger charge is -2.19. The van der Waals surface area contributed by atoms with Crippen LogP contribution < -0.4 is 11.1 Å². The quantitative estimate of drug-likeness (QED) is 0.396. The molecule has 1 unspecified atom stereocenters. The Morgan fingerprint density at radius 3 is 2.54 bits per heavy atom. The lowest BCUT2D eigenvalue weighted by Crippen LogP contribution is -2.32. The number of aromatic nitrogens is 5. The lowest BCUT2D eigenvalue weighted by atomic mass is 10.1. The number of rotatable bonds is 6. The number of aryl methyl sites for hydroxylation is 1. The third kappa shape index (κ3) is 4.12. The van der Waals surface area contributed by atoms with E-state index in [4.69, 9.17) is 5.73 Å². The summed E-state index contributed by atoms with van der Waals surface area (Å²) in [5.74, 6) is -1.23. The molecule has 9 nitrogen and oxygen atoms in total. The van der Waals surface area contributed by atoms with Crippen molar-refractivity contribution in [3.05, 3.63) is 108 Å². The minimum absolute atomic E-state index is 0.0370. The molecule has 3 aromatic heterocycles. The van der Waals surface area contributed by atoms with Crippen LogP contribution in [0.15, 0.2) is 79.4 Å². The van der Waals surface area contributed by atoms with Gasteiger partial charge in [-0.3, -0.25) is 14.0 Å². The van der Waals surface area contributed by atoms with Gasteiger partial charge in [-0.25, -0.2) is 19.3 Å². The van der Waals surface area contributed by atoms with Crippen molar-refractivity contribution in [3.63, 3.8) is 0 Å². The van der Waals surface area contributed by atoms with Gasteiger partial charge in [-0.15, -0.1) is 0 Å². The summed E-state index contributed by atoms with van der Waals surface area (Å²) in [5, 5.41) is 2.91. The molecule has 0 saturated heterocycles. The Morgan fingerprint density at radius 1 is 1.06 bits per heavy atom. The second-order valence-electron chi connectivity index (χ2n) is 7.90. The average Bonchev–Trinajstić information content (AvgIpc) is 3.48. The van der Waals surface area contributed by atoms with Crippen LogP contribution in [0.1, 0.15) is 38.4 Å². The average molecular weight is 469 g/mol. The number of fused-ring (bicyclic) bond motifs is 1. The molecule has 174 valence electrons. The van der Waals surface area contributed by atoms with E-state index in [2.05, 4.69) is 20.3 Å². The number of nitrogens with zero attached hydrogens (tertiary/aromatic N) is 5. The van der Waals surface area contributed by atoms with Gasteiger partial charge in [-0.05, 0) is 29.3 Å². The maximum atomic E-state index is 14.0. The summed E-state index contributed by atoms with van der Waals surface area (Å²) in [6.45, 7) is 0. The number of amides is 2. The number of halogens is 1. The molecule has 0 aliphatic rings. The summed E-state index contributed by atoms with van der Waals surface area (Å²) in [7, 11) is 1.78. The molecule has 0 saturated carbocycles. The van der Waals surface area contributed by atoms with Crippen molar-refractivity contribution in [1.82, 2.24) is 29.2 Å². The van der Waals surface area contributed by atoms with Gasteiger partial charge in [0.1, 0.15) is 29.7 Å². The van der Waals surface area contributed by atoms with Gasteiger partial charge in [0.15, 0.2) is 11.3 Å². The molecule has 0 spiro atoms. The summed E-state index contributed by atoms with van der Waals surface area (Å²) in [5.41, 5.74) is 7.52. The summed E-state index contributed by atoms with van der Waals surface area (Å²) < 4.78 is 17.4. The molecule has 10 heteroatoms. The minimum atomic E-state index is -0.762. The summed E-state index contributed by atoms with van der Waals surface area (Å²) in [6.07, 6.45) is 4.77. The first-order valence-corrected chi connectivity index (χ1v) is 10.7. The SMILES string of the molecule is Cn1ccnc1C(NC(=O)c1cc(-c2ccccc2)n2cnc(C(N)=O)c2n1)c1cccc(F)c1. The third-order valence-corrected chi connectivity index (χ3v) is 5.61. The van der Waals surface area contributed by atoms with E-state index < -0.39 is 23.7 Å². The van der Waals surface area contributed by atoms with Crippen LogP contribution in [0.4, 0.5) is 4.39 Å². The van der Waals surface area contributed by atoms with Crippen molar-refractivity contribution in [1.29, 1.82) is 0 Å². The standard InChI is InChI=1S/C25H20FN7O2/c1-32-11-10-28-23(32)20(16-8-5-9-17(26)12-16)31-25(35)18-13-19(15-6-3-2-4-7-15)33-14-29-21(22(27)34)24(33)30-18/h2-14,20H,1H3,(H2,27,34)(H,31,35). The smallest absolute Gasteiger partial charge is 0.271 e. The van der Waals surface area contributed by atoms with Crippen LogP contribution in [0.2, 0.25) is 0 Å². The van der Waals surface area contributed by atoms with E-state index >= 15 is 0 Å². The zero-order chi connectivity index (χ0) is 24.5. The first kappa shape index (κ1) is 22.0. The van der Waals surface area contributed by atoms with E-state index in [1.54, 1.807) is 46.6 Å². The number of hydrogen-bond acceptors (Lipinski definition) is 5. The fourth-order valence-electron chi connectivity index (χ4n) is 3.94. The second-order valence-corrected chi connectivity index (χ2v) is 7.90. The molecule has 0 bridgehead atoms. The normalized spacial score (nSPS) is 11.9. The van der Waals surface area contributed by atoms with Crippen LogP contribution in [0.25, 0.3) is 16.9 Å². The number of hydrogen-bond donors (Lipinski definition) is 2. The second kappa shape index (κ2) is 8.82. The van der Waals surface area contributed by atoms with Crippen LogP contribution in [-0.2, 0) is 7.05 Å². The van der Waals surface area contributed by atoms with Crippen molar-refractivity contribution < 1.29 is 14.0 Å². The zero-order valence-electron chi connectivity index (χ0n) is 18.6. The van der Waals surface area contributed by atoms with Crippen molar-refractivity contribution in [3.8, 4) is 11.3 Å². The maximum Gasteiger partial charge on any atom is 0.271 e. The summed E-state index contributed by atoms with van der Waals surface area (Å²) >= 11 is 0. The molecule has 0 aliphatic carbocycles. The van der Waals surface area contributed by atoms with Crippen LogP contribution in [0, 0.1) is 5.82 Å². The Balaban J connectivity index is 1.62.